The van der Waals surface area contributed by atoms with Gasteiger partial charge in [0.15, 0.2) is 6.20 Å². The average molecular weight is 312 g/mol. The topological polar surface area (TPSA) is 13.1 Å². The van der Waals surface area contributed by atoms with Crippen molar-refractivity contribution in [1.82, 2.24) is 0 Å². The normalized spacial score (nSPS) is 12.3. The highest BCUT2D eigenvalue weighted by Gasteiger charge is 2.29. The number of hydrogen-bond acceptors (Lipinski definition) is 1. The van der Waals surface area contributed by atoms with Crippen molar-refractivity contribution in [2.45, 2.75) is 13.8 Å². The number of pyridine rings is 1. The molecule has 0 amide bonds. The van der Waals surface area contributed by atoms with Gasteiger partial charge in [0.2, 0.25) is 5.69 Å². The lowest BCUT2D eigenvalue weighted by Crippen LogP contribution is -2.31. The molecule has 0 saturated carbocycles. The maximum absolute atomic E-state index is 6.31. The van der Waals surface area contributed by atoms with Crippen molar-refractivity contribution in [3.8, 4) is 22.8 Å². The van der Waals surface area contributed by atoms with Crippen LogP contribution in [0.3, 0.4) is 0 Å². The third-order valence-corrected chi connectivity index (χ3v) is 5.10. The molecule has 116 valence electrons. The van der Waals surface area contributed by atoms with Crippen LogP contribution in [0.5, 0.6) is 11.5 Å². The summed E-state index contributed by atoms with van der Waals surface area (Å²) in [4.78, 5) is 0. The average Bonchev–Trinajstić information content (AvgIpc) is 2.58. The number of ether oxygens (including phenoxy) is 1. The second kappa shape index (κ2) is 4.57. The van der Waals surface area contributed by atoms with Crippen molar-refractivity contribution in [2.75, 3.05) is 0 Å². The van der Waals surface area contributed by atoms with E-state index in [1.165, 1.54) is 43.9 Å². The van der Waals surface area contributed by atoms with Crippen molar-refractivity contribution in [1.29, 1.82) is 0 Å². The molecule has 2 nitrogen and oxygen atoms in total. The van der Waals surface area contributed by atoms with Crippen molar-refractivity contribution >= 4 is 21.5 Å². The fourth-order valence-electron chi connectivity index (χ4n) is 3.92. The highest BCUT2D eigenvalue weighted by atomic mass is 16.5. The van der Waals surface area contributed by atoms with Crippen LogP contribution < -0.4 is 9.30 Å². The SMILES string of the molecule is Cc1ccc2cc3c(c(C)c2c1)-c1c2c(cccc2cc[n+]1C)O3. The Bertz CT molecular complexity index is 1160. The van der Waals surface area contributed by atoms with Gasteiger partial charge in [-0.15, -0.1) is 0 Å². The molecule has 2 heterocycles. The van der Waals surface area contributed by atoms with E-state index in [2.05, 4.69) is 80.2 Å². The first-order valence-electron chi connectivity index (χ1n) is 8.27. The van der Waals surface area contributed by atoms with Crippen molar-refractivity contribution < 1.29 is 9.30 Å². The minimum atomic E-state index is 0.942. The Balaban J connectivity index is 2.00. The lowest BCUT2D eigenvalue weighted by atomic mass is 9.91. The predicted molar refractivity (Wildman–Crippen MR) is 97.6 cm³/mol. The summed E-state index contributed by atoms with van der Waals surface area (Å²) in [6, 6.07) is 17.2. The molecule has 0 bridgehead atoms. The largest absolute Gasteiger partial charge is 0.456 e. The van der Waals surface area contributed by atoms with Crippen molar-refractivity contribution in [3.63, 3.8) is 0 Å². The van der Waals surface area contributed by atoms with Gasteiger partial charge in [0.1, 0.15) is 18.5 Å². The monoisotopic (exact) mass is 312 g/mol. The van der Waals surface area contributed by atoms with Crippen molar-refractivity contribution in [2.24, 2.45) is 7.05 Å². The number of aromatic nitrogens is 1. The summed E-state index contributed by atoms with van der Waals surface area (Å²) in [5.74, 6) is 1.89. The summed E-state index contributed by atoms with van der Waals surface area (Å²) >= 11 is 0. The van der Waals surface area contributed by atoms with Crippen LogP contribution in [-0.2, 0) is 7.05 Å². The van der Waals surface area contributed by atoms with Gasteiger partial charge >= 0.3 is 0 Å². The van der Waals surface area contributed by atoms with E-state index in [9.17, 15) is 0 Å². The molecule has 3 aromatic carbocycles. The van der Waals surface area contributed by atoms with Crippen LogP contribution in [-0.4, -0.2) is 0 Å². The number of rotatable bonds is 0. The van der Waals surface area contributed by atoms with E-state index in [1.54, 1.807) is 0 Å². The molecule has 0 atom stereocenters. The summed E-state index contributed by atoms with van der Waals surface area (Å²) in [5.41, 5.74) is 5.01. The van der Waals surface area contributed by atoms with E-state index in [4.69, 9.17) is 4.74 Å². The minimum Gasteiger partial charge on any atom is -0.456 e. The fraction of sp³-hybridized carbons (Fsp3) is 0.136. The van der Waals surface area contributed by atoms with Crippen molar-refractivity contribution in [3.05, 3.63) is 65.9 Å². The predicted octanol–water partition coefficient (Wildman–Crippen LogP) is 5.21. The van der Waals surface area contributed by atoms with Gasteiger partial charge in [0, 0.05) is 6.07 Å². The molecule has 0 unspecified atom stereocenters. The van der Waals surface area contributed by atoms with E-state index >= 15 is 0 Å². The maximum Gasteiger partial charge on any atom is 0.228 e. The fourth-order valence-corrected chi connectivity index (χ4v) is 3.92. The van der Waals surface area contributed by atoms with E-state index in [0.29, 0.717) is 0 Å². The number of nitrogens with zero attached hydrogens (tertiary/aromatic N) is 1. The number of hydrogen-bond donors (Lipinski definition) is 0. The molecule has 2 heteroatoms. The molecule has 5 rings (SSSR count). The van der Waals surface area contributed by atoms with Gasteiger partial charge in [0.25, 0.3) is 0 Å². The summed E-state index contributed by atoms with van der Waals surface area (Å²) < 4.78 is 8.52. The minimum absolute atomic E-state index is 0.942. The van der Waals surface area contributed by atoms with Crippen LogP contribution >= 0.6 is 0 Å². The van der Waals surface area contributed by atoms with Crippen LogP contribution in [0.1, 0.15) is 11.1 Å². The molecule has 0 saturated heterocycles. The second-order valence-corrected chi connectivity index (χ2v) is 6.70. The zero-order valence-electron chi connectivity index (χ0n) is 14.1. The maximum atomic E-state index is 6.31. The third kappa shape index (κ3) is 1.68. The van der Waals surface area contributed by atoms with Gasteiger partial charge in [-0.1, -0.05) is 35.9 Å². The molecule has 1 aliphatic heterocycles. The number of benzene rings is 3. The van der Waals surface area contributed by atoms with Crippen LogP contribution in [0.25, 0.3) is 32.8 Å². The Kier molecular flexibility index (Phi) is 2.58. The first kappa shape index (κ1) is 13.6. The Labute approximate surface area is 140 Å². The van der Waals surface area contributed by atoms with E-state index in [-0.39, 0.29) is 0 Å². The van der Waals surface area contributed by atoms with Gasteiger partial charge in [-0.25, -0.2) is 4.57 Å². The van der Waals surface area contributed by atoms with Crippen LogP contribution in [0.15, 0.2) is 54.7 Å². The van der Waals surface area contributed by atoms with Gasteiger partial charge in [-0.2, -0.15) is 0 Å². The van der Waals surface area contributed by atoms with E-state index < -0.39 is 0 Å². The highest BCUT2D eigenvalue weighted by Crippen LogP contribution is 2.47. The van der Waals surface area contributed by atoms with Crippen LogP contribution in [0.2, 0.25) is 0 Å². The molecular formula is C22H18NO+. The summed E-state index contributed by atoms with van der Waals surface area (Å²) in [6.07, 6.45) is 2.14. The van der Waals surface area contributed by atoms with E-state index in [0.717, 1.165) is 11.5 Å². The van der Waals surface area contributed by atoms with Gasteiger partial charge in [0.05, 0.1) is 10.9 Å². The first-order valence-corrected chi connectivity index (χ1v) is 8.27. The molecule has 1 aromatic heterocycles. The summed E-state index contributed by atoms with van der Waals surface area (Å²) in [7, 11) is 2.11. The Morgan fingerprint density at radius 3 is 2.62 bits per heavy atom. The quantitative estimate of drug-likeness (QED) is 0.358. The van der Waals surface area contributed by atoms with Crippen LogP contribution in [0, 0.1) is 13.8 Å². The Hall–Kier alpha value is -2.87. The molecular weight excluding hydrogens is 294 g/mol. The first-order chi connectivity index (χ1) is 11.6. The number of aryl methyl sites for hydroxylation is 3. The molecule has 0 fully saturated rings. The lowest BCUT2D eigenvalue weighted by Gasteiger charge is -2.21. The zero-order chi connectivity index (χ0) is 16.4. The summed E-state index contributed by atoms with van der Waals surface area (Å²) in [6.45, 7) is 4.35. The lowest BCUT2D eigenvalue weighted by molar-refractivity contribution is -0.659. The number of fused-ring (bicyclic) bond motifs is 3. The molecule has 4 aromatic rings. The standard InChI is InChI=1S/C22H18NO/c1-13-7-8-16-12-19-20(14(2)17(16)11-13)22-21-15(9-10-23(22)3)5-4-6-18(21)24-19/h4-12H,1-3H3/q+1. The summed E-state index contributed by atoms with van der Waals surface area (Å²) in [5, 5.41) is 4.94. The van der Waals surface area contributed by atoms with Gasteiger partial charge in [-0.3, -0.25) is 0 Å². The van der Waals surface area contributed by atoms with E-state index in [1.807, 2.05) is 0 Å². The Morgan fingerprint density at radius 1 is 0.875 bits per heavy atom. The smallest absolute Gasteiger partial charge is 0.228 e. The van der Waals surface area contributed by atoms with Crippen LogP contribution in [0.4, 0.5) is 0 Å². The molecule has 0 N–H and O–H groups in total. The molecule has 0 aliphatic carbocycles. The Morgan fingerprint density at radius 2 is 1.75 bits per heavy atom. The molecule has 0 radical (unpaired) electrons. The van der Waals surface area contributed by atoms with Gasteiger partial charge < -0.3 is 4.74 Å². The molecule has 1 aliphatic rings. The van der Waals surface area contributed by atoms with Gasteiger partial charge in [-0.05, 0) is 47.7 Å². The zero-order valence-corrected chi connectivity index (χ0v) is 14.1. The second-order valence-electron chi connectivity index (χ2n) is 6.70. The molecule has 0 spiro atoms. The molecule has 24 heavy (non-hydrogen) atoms. The highest BCUT2D eigenvalue weighted by molar-refractivity contribution is 6.05. The third-order valence-electron chi connectivity index (χ3n) is 5.10.